The third-order valence-corrected chi connectivity index (χ3v) is 1.73. The summed E-state index contributed by atoms with van der Waals surface area (Å²) in [5.41, 5.74) is 0. The maximum atomic E-state index is 10.3. The Balaban J connectivity index is 0. The molecular formula is C4H10MgO3S. The Morgan fingerprint density at radius 2 is 2.11 bits per heavy atom. The fraction of sp³-hybridized carbons (Fsp3) is 0.500. The van der Waals surface area contributed by atoms with Gasteiger partial charge in [0.15, 0.2) is 0 Å². The summed E-state index contributed by atoms with van der Waals surface area (Å²) in [6.45, 7) is 3.23. The van der Waals surface area contributed by atoms with Crippen molar-refractivity contribution < 1.29 is 12.6 Å². The Kier molecular flexibility index (Phi) is 7.03. The van der Waals surface area contributed by atoms with Crippen LogP contribution >= 0.6 is 0 Å². The normalized spacial score (nSPS) is 9.89. The van der Waals surface area contributed by atoms with Crippen LogP contribution < -0.4 is 0 Å². The van der Waals surface area contributed by atoms with Crippen molar-refractivity contribution >= 4 is 33.2 Å². The van der Waals surface area contributed by atoms with E-state index >= 15 is 0 Å². The molecule has 0 aromatic heterocycles. The first kappa shape index (κ1) is 12.1. The van der Waals surface area contributed by atoms with E-state index in [0.717, 1.165) is 7.11 Å². The molecule has 52 valence electrons. The molecule has 0 rings (SSSR count). The van der Waals surface area contributed by atoms with Crippen LogP contribution in [0.4, 0.5) is 0 Å². The molecule has 0 radical (unpaired) electrons. The van der Waals surface area contributed by atoms with Gasteiger partial charge < -0.3 is 0 Å². The van der Waals surface area contributed by atoms with Gasteiger partial charge in [0.25, 0.3) is 10.1 Å². The van der Waals surface area contributed by atoms with Gasteiger partial charge in [-0.3, -0.25) is 4.18 Å². The second-order valence-electron chi connectivity index (χ2n) is 1.18. The van der Waals surface area contributed by atoms with Gasteiger partial charge in [-0.2, -0.15) is 8.42 Å². The summed E-state index contributed by atoms with van der Waals surface area (Å²) in [5, 5.41) is 0. The molecule has 0 heterocycles. The van der Waals surface area contributed by atoms with Crippen LogP contribution in [0, 0.1) is 0 Å². The smallest absolute Gasteiger partial charge is 0.273 e. The van der Waals surface area contributed by atoms with E-state index in [1.54, 1.807) is 0 Å². The average molecular weight is 162 g/mol. The lowest BCUT2D eigenvalue weighted by molar-refractivity contribution is 0.400. The van der Waals surface area contributed by atoms with Gasteiger partial charge in [-0.25, -0.2) is 0 Å². The van der Waals surface area contributed by atoms with Gasteiger partial charge in [-0.05, 0) is 0 Å². The number of hydrogen-bond acceptors (Lipinski definition) is 3. The molecule has 0 aliphatic heterocycles. The van der Waals surface area contributed by atoms with Gasteiger partial charge in [-0.1, -0.05) is 6.08 Å². The van der Waals surface area contributed by atoms with E-state index in [1.165, 1.54) is 6.08 Å². The topological polar surface area (TPSA) is 43.4 Å². The summed E-state index contributed by atoms with van der Waals surface area (Å²) in [6, 6.07) is 0. The molecule has 3 nitrogen and oxygen atoms in total. The van der Waals surface area contributed by atoms with Crippen molar-refractivity contribution in [1.82, 2.24) is 0 Å². The zero-order valence-electron chi connectivity index (χ0n) is 4.62. The Labute approximate surface area is 71.4 Å². The highest BCUT2D eigenvalue weighted by Crippen LogP contribution is 1.87. The Morgan fingerprint density at radius 3 is 2.22 bits per heavy atom. The zero-order chi connectivity index (χ0) is 6.62. The van der Waals surface area contributed by atoms with E-state index in [9.17, 15) is 8.42 Å². The van der Waals surface area contributed by atoms with E-state index < -0.39 is 10.1 Å². The lowest BCUT2D eigenvalue weighted by Gasteiger charge is -1.92. The third-order valence-electron chi connectivity index (χ3n) is 0.576. The second kappa shape index (κ2) is 5.22. The van der Waals surface area contributed by atoms with Crippen molar-refractivity contribution in [3.8, 4) is 0 Å². The fourth-order valence-corrected chi connectivity index (χ4v) is 0.637. The van der Waals surface area contributed by atoms with Gasteiger partial charge >= 0.3 is 23.1 Å². The van der Waals surface area contributed by atoms with Crippen molar-refractivity contribution in [2.45, 2.75) is 0 Å². The molecule has 0 aliphatic rings. The fourth-order valence-electron chi connectivity index (χ4n) is 0.212. The van der Waals surface area contributed by atoms with Gasteiger partial charge in [0.05, 0.1) is 12.9 Å². The van der Waals surface area contributed by atoms with Gasteiger partial charge in [0, 0.05) is 0 Å². The largest absolute Gasteiger partial charge is 0.316 e. The molecule has 5 heteroatoms. The number of hydrogen-bond donors (Lipinski definition) is 0. The highest BCUT2D eigenvalue weighted by molar-refractivity contribution is 7.86. The highest BCUT2D eigenvalue weighted by atomic mass is 32.2. The minimum Gasteiger partial charge on any atom is -0.273 e. The quantitative estimate of drug-likeness (QED) is 0.311. The summed E-state index contributed by atoms with van der Waals surface area (Å²) in [4.78, 5) is 0. The lowest BCUT2D eigenvalue weighted by atomic mass is 10.8. The molecule has 0 saturated heterocycles. The van der Waals surface area contributed by atoms with Crippen molar-refractivity contribution in [1.29, 1.82) is 0 Å². The van der Waals surface area contributed by atoms with Crippen molar-refractivity contribution in [2.24, 2.45) is 0 Å². The van der Waals surface area contributed by atoms with Crippen LogP contribution in [-0.4, -0.2) is 44.3 Å². The van der Waals surface area contributed by atoms with E-state index in [2.05, 4.69) is 10.8 Å². The van der Waals surface area contributed by atoms with Crippen LogP contribution in [-0.2, 0) is 14.3 Å². The molecule has 0 fully saturated rings. The van der Waals surface area contributed by atoms with Crippen LogP contribution in [0.2, 0.25) is 0 Å². The molecule has 9 heavy (non-hydrogen) atoms. The first-order valence-electron chi connectivity index (χ1n) is 2.01. The summed E-state index contributed by atoms with van der Waals surface area (Å²) in [6.07, 6.45) is 1.28. The number of rotatable bonds is 3. The van der Waals surface area contributed by atoms with E-state index in [0.29, 0.717) is 0 Å². The maximum Gasteiger partial charge on any atom is 0.316 e. The minimum atomic E-state index is -3.29. The van der Waals surface area contributed by atoms with Crippen LogP contribution in [0.3, 0.4) is 0 Å². The molecular weight excluding hydrogens is 152 g/mol. The summed E-state index contributed by atoms with van der Waals surface area (Å²) in [5.74, 6) is -0.122. The first-order chi connectivity index (χ1) is 3.62. The van der Waals surface area contributed by atoms with Gasteiger partial charge in [0.1, 0.15) is 0 Å². The monoisotopic (exact) mass is 162 g/mol. The van der Waals surface area contributed by atoms with Crippen LogP contribution in [0.5, 0.6) is 0 Å². The predicted molar refractivity (Wildman–Crippen MR) is 39.5 cm³/mol. The first-order valence-corrected chi connectivity index (χ1v) is 3.59. The van der Waals surface area contributed by atoms with E-state index in [1.807, 2.05) is 0 Å². The zero-order valence-corrected chi connectivity index (χ0v) is 5.44. The Morgan fingerprint density at radius 1 is 1.67 bits per heavy atom. The molecule has 0 aromatic rings. The molecule has 0 aliphatic carbocycles. The van der Waals surface area contributed by atoms with Crippen molar-refractivity contribution in [2.75, 3.05) is 12.9 Å². The predicted octanol–water partition coefficient (Wildman–Crippen LogP) is -0.768. The SMILES string of the molecule is C=CCS(=O)(=O)OC.[MgH2]. The molecule has 0 saturated carbocycles. The van der Waals surface area contributed by atoms with Gasteiger partial charge in [0.2, 0.25) is 0 Å². The standard InChI is InChI=1S/C4H8O3S.Mg.2H/c1-3-4-8(5,6)7-2;;;/h3H,1,4H2,2H3;;;. The minimum absolute atomic E-state index is 0. The summed E-state index contributed by atoms with van der Waals surface area (Å²) >= 11 is 0. The van der Waals surface area contributed by atoms with Crippen LogP contribution in [0.1, 0.15) is 0 Å². The molecule has 0 aromatic carbocycles. The summed E-state index contributed by atoms with van der Waals surface area (Å²) < 4.78 is 24.7. The second-order valence-corrected chi connectivity index (χ2v) is 2.96. The average Bonchev–Trinajstić information content (AvgIpc) is 1.67. The Bertz CT molecular complexity index is 161. The molecule has 0 bridgehead atoms. The molecule has 0 amide bonds. The molecule has 0 unspecified atom stereocenters. The summed E-state index contributed by atoms with van der Waals surface area (Å²) in [7, 11) is -2.16. The van der Waals surface area contributed by atoms with Crippen LogP contribution in [0.15, 0.2) is 12.7 Å². The highest BCUT2D eigenvalue weighted by Gasteiger charge is 2.01. The van der Waals surface area contributed by atoms with E-state index in [-0.39, 0.29) is 28.8 Å². The van der Waals surface area contributed by atoms with Crippen molar-refractivity contribution in [3.63, 3.8) is 0 Å². The molecule has 0 atom stereocenters. The van der Waals surface area contributed by atoms with Crippen LogP contribution in [0.25, 0.3) is 0 Å². The Hall–Kier alpha value is 0.416. The maximum absolute atomic E-state index is 10.3. The van der Waals surface area contributed by atoms with Gasteiger partial charge in [-0.15, -0.1) is 6.58 Å². The third kappa shape index (κ3) is 6.30. The molecule has 0 N–H and O–H groups in total. The van der Waals surface area contributed by atoms with Crippen molar-refractivity contribution in [3.05, 3.63) is 12.7 Å². The molecule has 0 spiro atoms. The van der Waals surface area contributed by atoms with E-state index in [4.69, 9.17) is 0 Å². The lowest BCUT2D eigenvalue weighted by Crippen LogP contribution is -2.04.